The van der Waals surface area contributed by atoms with Gasteiger partial charge in [0.2, 0.25) is 0 Å². The predicted octanol–water partition coefficient (Wildman–Crippen LogP) is 2.00. The van der Waals surface area contributed by atoms with Crippen LogP contribution in [0.2, 0.25) is 0 Å². The molecule has 100 valence electrons. The summed E-state index contributed by atoms with van der Waals surface area (Å²) >= 11 is 0. The third kappa shape index (κ3) is 3.15. The number of halogens is 2. The van der Waals surface area contributed by atoms with E-state index in [1.165, 1.54) is 12.3 Å². The lowest BCUT2D eigenvalue weighted by atomic mass is 10.2. The van der Waals surface area contributed by atoms with Crippen LogP contribution < -0.4 is 10.9 Å². The number of aromatic nitrogens is 2. The Balaban J connectivity index is 2.28. The van der Waals surface area contributed by atoms with Gasteiger partial charge in [0, 0.05) is 18.2 Å². The molecule has 4 nitrogen and oxygen atoms in total. The molecule has 19 heavy (non-hydrogen) atoms. The van der Waals surface area contributed by atoms with Gasteiger partial charge in [0.25, 0.3) is 5.56 Å². The van der Waals surface area contributed by atoms with E-state index in [9.17, 15) is 13.6 Å². The van der Waals surface area contributed by atoms with Gasteiger partial charge in [0.1, 0.15) is 11.6 Å². The molecule has 6 heteroatoms. The molecule has 0 aliphatic rings. The summed E-state index contributed by atoms with van der Waals surface area (Å²) in [6, 6.07) is 4.49. The fraction of sp³-hybridized carbons (Fsp3) is 0.231. The standard InChI is InChI=1S/C13H13F2N3O/c1-2-16-11-6-13(19)18(17-7-11)8-9-5-10(14)3-4-12(9)15/h3-7,16H,2,8H2,1H3. The highest BCUT2D eigenvalue weighted by atomic mass is 19.1. The monoisotopic (exact) mass is 265 g/mol. The van der Waals surface area contributed by atoms with E-state index in [2.05, 4.69) is 10.4 Å². The van der Waals surface area contributed by atoms with E-state index in [4.69, 9.17) is 0 Å². The molecule has 0 saturated heterocycles. The summed E-state index contributed by atoms with van der Waals surface area (Å²) in [4.78, 5) is 11.8. The molecule has 1 aromatic carbocycles. The minimum atomic E-state index is -0.564. The Morgan fingerprint density at radius 2 is 2.11 bits per heavy atom. The molecular weight excluding hydrogens is 252 g/mol. The highest BCUT2D eigenvalue weighted by Crippen LogP contribution is 2.10. The molecule has 0 amide bonds. The lowest BCUT2D eigenvalue weighted by Gasteiger charge is -2.07. The normalized spacial score (nSPS) is 10.5. The van der Waals surface area contributed by atoms with E-state index < -0.39 is 11.6 Å². The highest BCUT2D eigenvalue weighted by Gasteiger charge is 2.07. The molecule has 0 aliphatic carbocycles. The lowest BCUT2D eigenvalue weighted by molar-refractivity contribution is 0.557. The van der Waals surface area contributed by atoms with Crippen LogP contribution in [0.15, 0.2) is 35.3 Å². The van der Waals surface area contributed by atoms with Crippen molar-refractivity contribution in [2.75, 3.05) is 11.9 Å². The first-order valence-electron chi connectivity index (χ1n) is 5.85. The van der Waals surface area contributed by atoms with Crippen molar-refractivity contribution in [3.63, 3.8) is 0 Å². The Kier molecular flexibility index (Phi) is 3.89. The molecule has 1 N–H and O–H groups in total. The van der Waals surface area contributed by atoms with Crippen molar-refractivity contribution >= 4 is 5.69 Å². The van der Waals surface area contributed by atoms with Crippen molar-refractivity contribution in [2.45, 2.75) is 13.5 Å². The number of hydrogen-bond donors (Lipinski definition) is 1. The van der Waals surface area contributed by atoms with Crippen molar-refractivity contribution in [1.29, 1.82) is 0 Å². The quantitative estimate of drug-likeness (QED) is 0.919. The first-order valence-corrected chi connectivity index (χ1v) is 5.85. The van der Waals surface area contributed by atoms with Crippen LogP contribution in [0, 0.1) is 11.6 Å². The SMILES string of the molecule is CCNc1cnn(Cc2cc(F)ccc2F)c(=O)c1. The van der Waals surface area contributed by atoms with E-state index in [1.54, 1.807) is 0 Å². The molecule has 0 unspecified atom stereocenters. The Hall–Kier alpha value is -2.24. The maximum Gasteiger partial charge on any atom is 0.269 e. The smallest absolute Gasteiger partial charge is 0.269 e. The first-order chi connectivity index (χ1) is 9.10. The summed E-state index contributed by atoms with van der Waals surface area (Å²) in [5.74, 6) is -1.11. The van der Waals surface area contributed by atoms with Crippen molar-refractivity contribution < 1.29 is 8.78 Å². The van der Waals surface area contributed by atoms with Crippen LogP contribution in [0.3, 0.4) is 0 Å². The van der Waals surface area contributed by atoms with Gasteiger partial charge in [-0.3, -0.25) is 4.79 Å². The third-order valence-corrected chi connectivity index (χ3v) is 2.58. The summed E-state index contributed by atoms with van der Waals surface area (Å²) in [6.45, 7) is 2.46. The van der Waals surface area contributed by atoms with Gasteiger partial charge < -0.3 is 5.32 Å². The maximum absolute atomic E-state index is 13.5. The second-order valence-electron chi connectivity index (χ2n) is 4.01. The molecule has 0 saturated carbocycles. The number of benzene rings is 1. The third-order valence-electron chi connectivity index (χ3n) is 2.58. The van der Waals surface area contributed by atoms with E-state index in [-0.39, 0.29) is 17.7 Å². The number of nitrogens with one attached hydrogen (secondary N) is 1. The maximum atomic E-state index is 13.5. The molecule has 1 heterocycles. The molecule has 2 aromatic rings. The van der Waals surface area contributed by atoms with Gasteiger partial charge in [-0.05, 0) is 25.1 Å². The van der Waals surface area contributed by atoms with Crippen LogP contribution >= 0.6 is 0 Å². The number of rotatable bonds is 4. The summed E-state index contributed by atoms with van der Waals surface area (Å²) in [5, 5.41) is 6.87. The minimum absolute atomic E-state index is 0.0887. The second kappa shape index (κ2) is 5.60. The van der Waals surface area contributed by atoms with Crippen LogP contribution in [0.4, 0.5) is 14.5 Å². The van der Waals surface area contributed by atoms with Crippen LogP contribution in [-0.2, 0) is 6.54 Å². The van der Waals surface area contributed by atoms with E-state index in [0.29, 0.717) is 12.2 Å². The lowest BCUT2D eigenvalue weighted by Crippen LogP contribution is -2.23. The fourth-order valence-electron chi connectivity index (χ4n) is 1.68. The van der Waals surface area contributed by atoms with Crippen LogP contribution in [0.1, 0.15) is 12.5 Å². The van der Waals surface area contributed by atoms with Gasteiger partial charge in [-0.15, -0.1) is 0 Å². The van der Waals surface area contributed by atoms with Crippen LogP contribution in [0.25, 0.3) is 0 Å². The van der Waals surface area contributed by atoms with Crippen molar-refractivity contribution in [1.82, 2.24) is 9.78 Å². The van der Waals surface area contributed by atoms with Gasteiger partial charge in [0.05, 0.1) is 18.4 Å². The number of hydrogen-bond acceptors (Lipinski definition) is 3. The van der Waals surface area contributed by atoms with E-state index in [1.807, 2.05) is 6.92 Å². The molecule has 1 aromatic heterocycles. The van der Waals surface area contributed by atoms with Gasteiger partial charge in [-0.2, -0.15) is 5.10 Å². The van der Waals surface area contributed by atoms with E-state index in [0.717, 1.165) is 22.9 Å². The largest absolute Gasteiger partial charge is 0.384 e. The molecule has 0 fully saturated rings. The Labute approximate surface area is 108 Å². The molecule has 0 aliphatic heterocycles. The van der Waals surface area contributed by atoms with Crippen LogP contribution in [0.5, 0.6) is 0 Å². The zero-order valence-electron chi connectivity index (χ0n) is 10.4. The number of anilines is 1. The predicted molar refractivity (Wildman–Crippen MR) is 68.1 cm³/mol. The van der Waals surface area contributed by atoms with Crippen LogP contribution in [-0.4, -0.2) is 16.3 Å². The average Bonchev–Trinajstić information content (AvgIpc) is 2.37. The Bertz CT molecular complexity index is 640. The molecule has 0 radical (unpaired) electrons. The summed E-state index contributed by atoms with van der Waals surface area (Å²) < 4.78 is 27.6. The van der Waals surface area contributed by atoms with Crippen molar-refractivity contribution in [3.05, 3.63) is 58.0 Å². The molecular formula is C13H13F2N3O. The van der Waals surface area contributed by atoms with Gasteiger partial charge >= 0.3 is 0 Å². The molecule has 0 bridgehead atoms. The summed E-state index contributed by atoms with van der Waals surface area (Å²) in [6.07, 6.45) is 1.47. The van der Waals surface area contributed by atoms with E-state index >= 15 is 0 Å². The number of nitrogens with zero attached hydrogens (tertiary/aromatic N) is 2. The minimum Gasteiger partial charge on any atom is -0.384 e. The Morgan fingerprint density at radius 3 is 2.79 bits per heavy atom. The Morgan fingerprint density at radius 1 is 1.32 bits per heavy atom. The van der Waals surface area contributed by atoms with Gasteiger partial charge in [-0.1, -0.05) is 0 Å². The summed E-state index contributed by atoms with van der Waals surface area (Å²) in [7, 11) is 0. The average molecular weight is 265 g/mol. The topological polar surface area (TPSA) is 46.9 Å². The van der Waals surface area contributed by atoms with Gasteiger partial charge in [-0.25, -0.2) is 13.5 Å². The second-order valence-corrected chi connectivity index (χ2v) is 4.01. The molecule has 0 atom stereocenters. The zero-order valence-corrected chi connectivity index (χ0v) is 10.4. The highest BCUT2D eigenvalue weighted by molar-refractivity contribution is 5.38. The zero-order chi connectivity index (χ0) is 13.8. The first kappa shape index (κ1) is 13.2. The van der Waals surface area contributed by atoms with Gasteiger partial charge in [0.15, 0.2) is 0 Å². The molecule has 2 rings (SSSR count). The fourth-order valence-corrected chi connectivity index (χ4v) is 1.68. The molecule has 0 spiro atoms. The van der Waals surface area contributed by atoms with Crippen molar-refractivity contribution in [2.24, 2.45) is 0 Å². The van der Waals surface area contributed by atoms with Crippen molar-refractivity contribution in [3.8, 4) is 0 Å². The summed E-state index contributed by atoms with van der Waals surface area (Å²) in [5.41, 5.74) is 0.316.